The van der Waals surface area contributed by atoms with E-state index in [9.17, 15) is 28.1 Å². The topological polar surface area (TPSA) is 98.7 Å². The van der Waals surface area contributed by atoms with Crippen LogP contribution >= 0.6 is 11.8 Å². The molecule has 0 amide bonds. The van der Waals surface area contributed by atoms with Crippen LogP contribution in [0.15, 0.2) is 47.9 Å². The lowest BCUT2D eigenvalue weighted by Gasteiger charge is -2.40. The SMILES string of the molecule is N#Cc1c(SCc2cccnc2)nc(N2CC(F)(F)C2)c(C#N)c1-c1ccc(OCC(F)F)cn1. The van der Waals surface area contributed by atoms with Crippen molar-refractivity contribution in [1.29, 1.82) is 10.5 Å². The second-order valence-electron chi connectivity index (χ2n) is 7.53. The molecule has 0 bridgehead atoms. The molecule has 7 nitrogen and oxygen atoms in total. The first-order chi connectivity index (χ1) is 16.8. The third kappa shape index (κ3) is 5.44. The van der Waals surface area contributed by atoms with Gasteiger partial charge in [-0.25, -0.2) is 22.5 Å². The number of hydrogen-bond donors (Lipinski definition) is 0. The molecule has 3 aromatic rings. The second kappa shape index (κ2) is 10.2. The molecule has 4 rings (SSSR count). The monoisotopic (exact) mass is 500 g/mol. The van der Waals surface area contributed by atoms with E-state index in [0.29, 0.717) is 5.75 Å². The summed E-state index contributed by atoms with van der Waals surface area (Å²) in [6.45, 7) is -2.03. The third-order valence-electron chi connectivity index (χ3n) is 4.98. The molecule has 0 atom stereocenters. The molecule has 1 aliphatic heterocycles. The van der Waals surface area contributed by atoms with Crippen LogP contribution in [0.4, 0.5) is 23.4 Å². The third-order valence-corrected chi connectivity index (χ3v) is 6.03. The van der Waals surface area contributed by atoms with Crippen molar-refractivity contribution in [2.45, 2.75) is 23.1 Å². The van der Waals surface area contributed by atoms with E-state index in [1.54, 1.807) is 18.5 Å². The van der Waals surface area contributed by atoms with E-state index in [2.05, 4.69) is 21.0 Å². The number of alkyl halides is 4. The van der Waals surface area contributed by atoms with Crippen LogP contribution < -0.4 is 9.64 Å². The van der Waals surface area contributed by atoms with Gasteiger partial charge >= 0.3 is 0 Å². The molecule has 3 aromatic heterocycles. The van der Waals surface area contributed by atoms with Crippen LogP contribution in [0.1, 0.15) is 16.7 Å². The number of aromatic nitrogens is 3. The van der Waals surface area contributed by atoms with Gasteiger partial charge in [-0.05, 0) is 23.8 Å². The van der Waals surface area contributed by atoms with E-state index in [1.807, 2.05) is 12.1 Å². The highest BCUT2D eigenvalue weighted by atomic mass is 32.2. The van der Waals surface area contributed by atoms with Gasteiger partial charge in [-0.15, -0.1) is 11.8 Å². The highest BCUT2D eigenvalue weighted by Crippen LogP contribution is 2.41. The summed E-state index contributed by atoms with van der Waals surface area (Å²) in [7, 11) is 0. The molecule has 1 fully saturated rings. The Morgan fingerprint density at radius 2 is 1.89 bits per heavy atom. The van der Waals surface area contributed by atoms with Crippen LogP contribution in [-0.4, -0.2) is 47.0 Å². The number of anilines is 1. The van der Waals surface area contributed by atoms with E-state index in [0.717, 1.165) is 5.56 Å². The van der Waals surface area contributed by atoms with Crippen molar-refractivity contribution >= 4 is 17.6 Å². The van der Waals surface area contributed by atoms with Crippen LogP contribution in [0.2, 0.25) is 0 Å². The maximum atomic E-state index is 13.6. The molecule has 4 heterocycles. The fraction of sp³-hybridized carbons (Fsp3) is 0.261. The van der Waals surface area contributed by atoms with Gasteiger partial charge in [0.2, 0.25) is 0 Å². The van der Waals surface area contributed by atoms with E-state index >= 15 is 0 Å². The second-order valence-corrected chi connectivity index (χ2v) is 8.50. The summed E-state index contributed by atoms with van der Waals surface area (Å²) in [6, 6.07) is 10.4. The highest BCUT2D eigenvalue weighted by molar-refractivity contribution is 7.98. The Labute approximate surface area is 202 Å². The average molecular weight is 500 g/mol. The smallest absolute Gasteiger partial charge is 0.282 e. The van der Waals surface area contributed by atoms with Crippen LogP contribution in [0.5, 0.6) is 5.75 Å². The lowest BCUT2D eigenvalue weighted by Crippen LogP contribution is -2.57. The Kier molecular flexibility index (Phi) is 7.03. The van der Waals surface area contributed by atoms with E-state index in [-0.39, 0.29) is 39.0 Å². The minimum Gasteiger partial charge on any atom is -0.486 e. The number of hydrogen-bond acceptors (Lipinski definition) is 8. The molecule has 0 unspecified atom stereocenters. The molecule has 1 aliphatic rings. The molecule has 0 radical (unpaired) electrons. The number of nitriles is 2. The number of halogens is 4. The van der Waals surface area contributed by atoms with Crippen molar-refractivity contribution in [3.8, 4) is 29.1 Å². The largest absolute Gasteiger partial charge is 0.486 e. The zero-order valence-electron chi connectivity index (χ0n) is 18.0. The van der Waals surface area contributed by atoms with E-state index < -0.39 is 32.0 Å². The van der Waals surface area contributed by atoms with E-state index in [4.69, 9.17) is 4.74 Å². The molecule has 0 spiro atoms. The Balaban J connectivity index is 1.78. The van der Waals surface area contributed by atoms with Gasteiger partial charge < -0.3 is 9.64 Å². The van der Waals surface area contributed by atoms with Crippen molar-refractivity contribution in [2.24, 2.45) is 0 Å². The number of pyridine rings is 3. The summed E-state index contributed by atoms with van der Waals surface area (Å²) < 4.78 is 57.0. The van der Waals surface area contributed by atoms with Crippen LogP contribution in [0.25, 0.3) is 11.3 Å². The molecule has 12 heteroatoms. The van der Waals surface area contributed by atoms with Crippen molar-refractivity contribution < 1.29 is 22.3 Å². The predicted molar refractivity (Wildman–Crippen MR) is 119 cm³/mol. The Hall–Kier alpha value is -3.90. The molecule has 35 heavy (non-hydrogen) atoms. The summed E-state index contributed by atoms with van der Waals surface area (Å²) in [6.07, 6.45) is 1.80. The summed E-state index contributed by atoms with van der Waals surface area (Å²) in [4.78, 5) is 13.9. The average Bonchev–Trinajstić information content (AvgIpc) is 2.84. The van der Waals surface area contributed by atoms with Crippen molar-refractivity contribution in [2.75, 3.05) is 24.6 Å². The Morgan fingerprint density at radius 3 is 2.46 bits per heavy atom. The fourth-order valence-corrected chi connectivity index (χ4v) is 4.34. The van der Waals surface area contributed by atoms with Gasteiger partial charge in [0.1, 0.15) is 40.9 Å². The summed E-state index contributed by atoms with van der Waals surface area (Å²) in [5, 5.41) is 20.1. The van der Waals surface area contributed by atoms with Crippen LogP contribution in [-0.2, 0) is 5.75 Å². The van der Waals surface area contributed by atoms with Gasteiger partial charge in [-0.2, -0.15) is 10.5 Å². The summed E-state index contributed by atoms with van der Waals surface area (Å²) in [5.41, 5.74) is 1.15. The molecule has 0 aliphatic carbocycles. The first kappa shape index (κ1) is 24.2. The number of ether oxygens (including phenoxy) is 1. The number of nitrogens with zero attached hydrogens (tertiary/aromatic N) is 6. The molecule has 178 valence electrons. The van der Waals surface area contributed by atoms with Crippen LogP contribution in [0, 0.1) is 22.7 Å². The molecule has 0 N–H and O–H groups in total. The van der Waals surface area contributed by atoms with Crippen molar-refractivity contribution in [3.63, 3.8) is 0 Å². The minimum absolute atomic E-state index is 0.0286. The minimum atomic E-state index is -2.91. The normalized spacial score (nSPS) is 14.2. The van der Waals surface area contributed by atoms with Gasteiger partial charge in [-0.1, -0.05) is 6.07 Å². The van der Waals surface area contributed by atoms with Crippen molar-refractivity contribution in [3.05, 3.63) is 59.5 Å². The molecular weight excluding hydrogens is 484 g/mol. The Morgan fingerprint density at radius 1 is 1.11 bits per heavy atom. The van der Waals surface area contributed by atoms with E-state index in [1.165, 1.54) is 35.0 Å². The summed E-state index contributed by atoms with van der Waals surface area (Å²) >= 11 is 1.20. The molecule has 0 aromatic carbocycles. The maximum Gasteiger partial charge on any atom is 0.282 e. The van der Waals surface area contributed by atoms with Gasteiger partial charge in [0.05, 0.1) is 30.5 Å². The first-order valence-electron chi connectivity index (χ1n) is 10.2. The number of rotatable bonds is 8. The van der Waals surface area contributed by atoms with Gasteiger partial charge in [-0.3, -0.25) is 9.97 Å². The van der Waals surface area contributed by atoms with Gasteiger partial charge in [0.15, 0.2) is 0 Å². The summed E-state index contributed by atoms with van der Waals surface area (Å²) in [5.74, 6) is -2.41. The molecular formula is C23H16F4N6OS. The predicted octanol–water partition coefficient (Wildman–Crippen LogP) is 4.67. The zero-order chi connectivity index (χ0) is 25.0. The van der Waals surface area contributed by atoms with Gasteiger partial charge in [0.25, 0.3) is 12.3 Å². The van der Waals surface area contributed by atoms with Crippen molar-refractivity contribution in [1.82, 2.24) is 15.0 Å². The van der Waals surface area contributed by atoms with Gasteiger partial charge in [0, 0.05) is 23.7 Å². The standard InChI is InChI=1S/C23H16F4N6OS/c24-19(25)10-34-15-3-4-18(31-9-15)20-16(6-28)21(33-12-23(26,27)13-33)32-22(17(20)7-29)35-11-14-2-1-5-30-8-14/h1-5,8-9,19H,10-13H2. The zero-order valence-corrected chi connectivity index (χ0v) is 18.8. The maximum absolute atomic E-state index is 13.6. The quantitative estimate of drug-likeness (QED) is 0.325. The van der Waals surface area contributed by atoms with Crippen LogP contribution in [0.3, 0.4) is 0 Å². The fourth-order valence-electron chi connectivity index (χ4n) is 3.42. The Bertz CT molecular complexity index is 1280. The molecule has 0 saturated carbocycles. The lowest BCUT2D eigenvalue weighted by atomic mass is 9.99. The lowest BCUT2D eigenvalue weighted by molar-refractivity contribution is -0.0267. The number of thioether (sulfide) groups is 1. The first-order valence-corrected chi connectivity index (χ1v) is 11.2. The highest BCUT2D eigenvalue weighted by Gasteiger charge is 2.46. The molecule has 1 saturated heterocycles.